The van der Waals surface area contributed by atoms with Crippen LogP contribution in [0.4, 0.5) is 0 Å². The number of halogens is 1. The van der Waals surface area contributed by atoms with Crippen molar-refractivity contribution in [1.82, 2.24) is 4.98 Å². The van der Waals surface area contributed by atoms with Crippen LogP contribution >= 0.6 is 15.9 Å². The first-order valence-electron chi connectivity index (χ1n) is 5.94. The summed E-state index contributed by atoms with van der Waals surface area (Å²) in [7, 11) is 3.15. The summed E-state index contributed by atoms with van der Waals surface area (Å²) >= 11 is 3.50. The zero-order chi connectivity index (χ0) is 14.6. The molecule has 104 valence electrons. The first-order valence-corrected chi connectivity index (χ1v) is 6.73. The zero-order valence-corrected chi connectivity index (χ0v) is 12.8. The second kappa shape index (κ2) is 6.05. The van der Waals surface area contributed by atoms with Gasteiger partial charge in [0.05, 0.1) is 14.2 Å². The van der Waals surface area contributed by atoms with Gasteiger partial charge in [0.1, 0.15) is 16.4 Å². The number of aromatic nitrogens is 1. The largest absolute Gasteiger partial charge is 0.497 e. The third-order valence-electron chi connectivity index (χ3n) is 3.04. The maximum absolute atomic E-state index is 11.6. The number of hydrogen-bond donors (Lipinski definition) is 0. The predicted molar refractivity (Wildman–Crippen MR) is 79.6 cm³/mol. The molecule has 2 rings (SSSR count). The van der Waals surface area contributed by atoms with Gasteiger partial charge in [0.25, 0.3) is 0 Å². The molecule has 0 bridgehead atoms. The number of hydrogen-bond acceptors (Lipinski definition) is 4. The molecule has 1 aromatic carbocycles. The highest BCUT2D eigenvalue weighted by atomic mass is 79.9. The lowest BCUT2D eigenvalue weighted by atomic mass is 9.93. The van der Waals surface area contributed by atoms with Gasteiger partial charge in [0, 0.05) is 12.3 Å². The van der Waals surface area contributed by atoms with Crippen LogP contribution in [0, 0.1) is 0 Å². The number of pyridine rings is 1. The van der Waals surface area contributed by atoms with Crippen molar-refractivity contribution >= 4 is 22.2 Å². The summed E-state index contributed by atoms with van der Waals surface area (Å²) in [6, 6.07) is 10.8. The molecule has 0 saturated carbocycles. The van der Waals surface area contributed by atoms with Gasteiger partial charge in [0.2, 0.25) is 5.88 Å². The molecule has 5 heteroatoms. The molecule has 1 unspecified atom stereocenters. The number of ether oxygens (including phenoxy) is 2. The molecule has 1 atom stereocenters. The van der Waals surface area contributed by atoms with Gasteiger partial charge in [-0.25, -0.2) is 4.98 Å². The number of nitrogens with zero attached hydrogens (tertiary/aromatic N) is 1. The molecule has 1 aromatic heterocycles. The van der Waals surface area contributed by atoms with E-state index in [1.165, 1.54) is 0 Å². The van der Waals surface area contributed by atoms with E-state index >= 15 is 0 Å². The fourth-order valence-electron chi connectivity index (χ4n) is 1.85. The lowest BCUT2D eigenvalue weighted by Crippen LogP contribution is -2.21. The van der Waals surface area contributed by atoms with Crippen molar-refractivity contribution in [3.05, 3.63) is 53.7 Å². The third kappa shape index (κ3) is 2.67. The van der Waals surface area contributed by atoms with Crippen LogP contribution in [0.15, 0.2) is 42.6 Å². The molecular formula is C15H14BrNO3. The van der Waals surface area contributed by atoms with Crippen LogP contribution in [0.3, 0.4) is 0 Å². The smallest absolute Gasteiger partial charge is 0.212 e. The molecule has 0 aliphatic heterocycles. The molecule has 4 nitrogen and oxygen atoms in total. The Morgan fingerprint density at radius 1 is 1.05 bits per heavy atom. The fourth-order valence-corrected chi connectivity index (χ4v) is 2.35. The Bertz CT molecular complexity index is 534. The molecule has 0 aliphatic rings. The summed E-state index contributed by atoms with van der Waals surface area (Å²) in [5.41, 5.74) is 1.54. The van der Waals surface area contributed by atoms with Crippen LogP contribution in [0.5, 0.6) is 11.6 Å². The molecular weight excluding hydrogens is 322 g/mol. The summed E-state index contributed by atoms with van der Waals surface area (Å²) in [4.78, 5) is 15.7. The first kappa shape index (κ1) is 14.5. The number of carbonyl (C=O) groups is 1. The second-order valence-corrected chi connectivity index (χ2v) is 5.40. The van der Waals surface area contributed by atoms with Crippen LogP contribution in [0.25, 0.3) is 0 Å². The van der Waals surface area contributed by atoms with Gasteiger partial charge in [-0.05, 0) is 29.3 Å². The van der Waals surface area contributed by atoms with E-state index in [-0.39, 0.29) is 0 Å². The summed E-state index contributed by atoms with van der Waals surface area (Å²) < 4.78 is 9.21. The van der Waals surface area contributed by atoms with E-state index in [0.717, 1.165) is 23.2 Å². The standard InChI is InChI=1S/C15H14BrNO3/c1-19-13-6-3-11(4-7-13)15(16,10-18)12-5-8-14(20-2)17-9-12/h3-10H,1-2H3. The van der Waals surface area contributed by atoms with Crippen molar-refractivity contribution in [3.63, 3.8) is 0 Å². The highest BCUT2D eigenvalue weighted by molar-refractivity contribution is 9.10. The summed E-state index contributed by atoms with van der Waals surface area (Å²) in [5, 5.41) is 0. The molecule has 0 fully saturated rings. The second-order valence-electron chi connectivity index (χ2n) is 4.15. The fraction of sp³-hybridized carbons (Fsp3) is 0.200. The molecule has 0 spiro atoms. The maximum Gasteiger partial charge on any atom is 0.212 e. The van der Waals surface area contributed by atoms with Crippen molar-refractivity contribution in [1.29, 1.82) is 0 Å². The molecule has 0 N–H and O–H groups in total. The van der Waals surface area contributed by atoms with Gasteiger partial charge in [-0.15, -0.1) is 0 Å². The number of methoxy groups -OCH3 is 2. The summed E-state index contributed by atoms with van der Waals surface area (Å²) in [6.45, 7) is 0. The number of alkyl halides is 1. The molecule has 0 saturated heterocycles. The molecule has 0 radical (unpaired) electrons. The van der Waals surface area contributed by atoms with Gasteiger partial charge < -0.3 is 14.3 Å². The van der Waals surface area contributed by atoms with Crippen molar-refractivity contribution in [2.75, 3.05) is 14.2 Å². The Kier molecular flexibility index (Phi) is 4.39. The van der Waals surface area contributed by atoms with E-state index in [1.54, 1.807) is 32.5 Å². The topological polar surface area (TPSA) is 48.4 Å². The van der Waals surface area contributed by atoms with Gasteiger partial charge in [-0.1, -0.05) is 28.1 Å². The van der Waals surface area contributed by atoms with Gasteiger partial charge >= 0.3 is 0 Å². The van der Waals surface area contributed by atoms with Gasteiger partial charge in [0.15, 0.2) is 0 Å². The number of carbonyl (C=O) groups excluding carboxylic acids is 1. The normalized spacial score (nSPS) is 13.3. The lowest BCUT2D eigenvalue weighted by Gasteiger charge is -2.22. The molecule has 0 amide bonds. The average Bonchev–Trinajstić information content (AvgIpc) is 2.54. The van der Waals surface area contributed by atoms with Crippen molar-refractivity contribution in [2.45, 2.75) is 4.32 Å². The lowest BCUT2D eigenvalue weighted by molar-refractivity contribution is -0.109. The van der Waals surface area contributed by atoms with E-state index < -0.39 is 4.32 Å². The van der Waals surface area contributed by atoms with Crippen molar-refractivity contribution < 1.29 is 14.3 Å². The quantitative estimate of drug-likeness (QED) is 0.622. The number of rotatable bonds is 5. The average molecular weight is 336 g/mol. The Morgan fingerprint density at radius 2 is 1.70 bits per heavy atom. The van der Waals surface area contributed by atoms with Crippen LogP contribution in [-0.2, 0) is 9.12 Å². The Labute approximate surface area is 125 Å². The van der Waals surface area contributed by atoms with E-state index in [2.05, 4.69) is 20.9 Å². The van der Waals surface area contributed by atoms with Crippen molar-refractivity contribution in [3.8, 4) is 11.6 Å². The minimum absolute atomic E-state index is 0.504. The third-order valence-corrected chi connectivity index (χ3v) is 4.14. The Balaban J connectivity index is 2.42. The Hall–Kier alpha value is -1.88. The molecule has 2 aromatic rings. The highest BCUT2D eigenvalue weighted by Crippen LogP contribution is 2.37. The predicted octanol–water partition coefficient (Wildman–Crippen LogP) is 2.94. The van der Waals surface area contributed by atoms with Crippen LogP contribution in [0.2, 0.25) is 0 Å². The number of benzene rings is 1. The molecule has 1 heterocycles. The Morgan fingerprint density at radius 3 is 2.15 bits per heavy atom. The van der Waals surface area contributed by atoms with Crippen LogP contribution < -0.4 is 9.47 Å². The highest BCUT2D eigenvalue weighted by Gasteiger charge is 2.31. The number of aldehydes is 1. The zero-order valence-electron chi connectivity index (χ0n) is 11.2. The first-order chi connectivity index (χ1) is 9.63. The molecule has 0 aliphatic carbocycles. The minimum Gasteiger partial charge on any atom is -0.497 e. The SMILES string of the molecule is COc1ccc(C(Br)(C=O)c2ccc(OC)nc2)cc1. The minimum atomic E-state index is -0.932. The summed E-state index contributed by atoms with van der Waals surface area (Å²) in [5.74, 6) is 1.24. The van der Waals surface area contributed by atoms with E-state index in [4.69, 9.17) is 9.47 Å². The van der Waals surface area contributed by atoms with Crippen LogP contribution in [-0.4, -0.2) is 25.5 Å². The van der Waals surface area contributed by atoms with E-state index in [0.29, 0.717) is 5.88 Å². The van der Waals surface area contributed by atoms with Gasteiger partial charge in [-0.2, -0.15) is 0 Å². The maximum atomic E-state index is 11.6. The monoisotopic (exact) mass is 335 g/mol. The van der Waals surface area contributed by atoms with Gasteiger partial charge in [-0.3, -0.25) is 0 Å². The summed E-state index contributed by atoms with van der Waals surface area (Å²) in [6.07, 6.45) is 2.46. The van der Waals surface area contributed by atoms with Crippen LogP contribution in [0.1, 0.15) is 11.1 Å². The van der Waals surface area contributed by atoms with E-state index in [1.807, 2.05) is 24.3 Å². The molecule has 20 heavy (non-hydrogen) atoms. The van der Waals surface area contributed by atoms with Crippen molar-refractivity contribution in [2.24, 2.45) is 0 Å². The van der Waals surface area contributed by atoms with E-state index in [9.17, 15) is 4.79 Å².